The van der Waals surface area contributed by atoms with Gasteiger partial charge in [-0.1, -0.05) is 13.8 Å². The smallest absolute Gasteiger partial charge is 0.341 e. The first-order valence-corrected chi connectivity index (χ1v) is 12.5. The minimum Gasteiger partial charge on any atom is -0.474 e. The average Bonchev–Trinajstić information content (AvgIpc) is 3.76. The average molecular weight is 474 g/mol. The van der Waals surface area contributed by atoms with E-state index in [1.165, 1.54) is 0 Å². The summed E-state index contributed by atoms with van der Waals surface area (Å²) in [5.74, 6) is 2.52. The number of esters is 1. The van der Waals surface area contributed by atoms with E-state index in [2.05, 4.69) is 29.1 Å². The van der Waals surface area contributed by atoms with Crippen molar-refractivity contribution >= 4 is 28.4 Å². The number of hydrogen-bond donors (Lipinski definition) is 2. The Morgan fingerprint density at radius 3 is 2.69 bits per heavy atom. The van der Waals surface area contributed by atoms with E-state index in [-0.39, 0.29) is 12.1 Å². The van der Waals surface area contributed by atoms with Crippen LogP contribution in [0.1, 0.15) is 75.0 Å². The third-order valence-corrected chi connectivity index (χ3v) is 7.86. The number of nitrogens with one attached hydrogen (secondary N) is 1. The SMILES string of the molecule is CC[C@]1(C)OC(=O)c2ccc(Nc3cc4c([C@](C)(N)C5CC5C)cnc(OC5CC5)c4cn3)nc21. The molecule has 2 saturated carbocycles. The van der Waals surface area contributed by atoms with E-state index in [0.29, 0.717) is 47.0 Å². The second-order valence-electron chi connectivity index (χ2n) is 10.7. The van der Waals surface area contributed by atoms with E-state index in [1.54, 1.807) is 18.3 Å². The zero-order chi connectivity index (χ0) is 24.5. The number of hydrogen-bond acceptors (Lipinski definition) is 8. The zero-order valence-electron chi connectivity index (χ0n) is 20.6. The van der Waals surface area contributed by atoms with Crippen LogP contribution in [0.2, 0.25) is 0 Å². The summed E-state index contributed by atoms with van der Waals surface area (Å²) >= 11 is 0. The van der Waals surface area contributed by atoms with Crippen LogP contribution < -0.4 is 15.8 Å². The second kappa shape index (κ2) is 7.62. The van der Waals surface area contributed by atoms with Gasteiger partial charge in [-0.05, 0) is 80.5 Å². The summed E-state index contributed by atoms with van der Waals surface area (Å²) in [5, 5.41) is 5.16. The molecule has 8 heteroatoms. The maximum Gasteiger partial charge on any atom is 0.341 e. The highest BCUT2D eigenvalue weighted by Crippen LogP contribution is 2.51. The highest BCUT2D eigenvalue weighted by molar-refractivity contribution is 5.94. The van der Waals surface area contributed by atoms with Gasteiger partial charge in [-0.25, -0.2) is 19.7 Å². The van der Waals surface area contributed by atoms with Crippen LogP contribution in [0.25, 0.3) is 10.8 Å². The normalized spacial score (nSPS) is 26.7. The molecule has 2 unspecified atom stereocenters. The van der Waals surface area contributed by atoms with Gasteiger partial charge in [-0.2, -0.15) is 0 Å². The molecule has 2 aliphatic carbocycles. The summed E-state index contributed by atoms with van der Waals surface area (Å²) in [4.78, 5) is 26.3. The molecule has 4 heterocycles. The fourth-order valence-corrected chi connectivity index (χ4v) is 5.18. The van der Waals surface area contributed by atoms with Gasteiger partial charge in [0, 0.05) is 17.9 Å². The Bertz CT molecular complexity index is 1350. The van der Waals surface area contributed by atoms with E-state index >= 15 is 0 Å². The Hall–Kier alpha value is -3.26. The van der Waals surface area contributed by atoms with Crippen molar-refractivity contribution in [3.8, 4) is 5.88 Å². The van der Waals surface area contributed by atoms with Gasteiger partial charge >= 0.3 is 5.97 Å². The van der Waals surface area contributed by atoms with Crippen LogP contribution in [-0.2, 0) is 15.9 Å². The quantitative estimate of drug-likeness (QED) is 0.464. The molecule has 0 aromatic carbocycles. The third-order valence-electron chi connectivity index (χ3n) is 7.86. The fraction of sp³-hybridized carbons (Fsp3) is 0.481. The maximum absolute atomic E-state index is 12.3. The summed E-state index contributed by atoms with van der Waals surface area (Å²) < 4.78 is 11.7. The highest BCUT2D eigenvalue weighted by atomic mass is 16.6. The highest BCUT2D eigenvalue weighted by Gasteiger charge is 2.47. The second-order valence-corrected chi connectivity index (χ2v) is 10.7. The number of nitrogens with zero attached hydrogens (tertiary/aromatic N) is 3. The molecule has 3 aliphatic rings. The lowest BCUT2D eigenvalue weighted by Crippen LogP contribution is -2.36. The number of rotatable bonds is 7. The third kappa shape index (κ3) is 3.71. The van der Waals surface area contributed by atoms with Crippen molar-refractivity contribution in [2.45, 2.75) is 70.6 Å². The standard InChI is InChI=1S/C27H31N5O3/c1-5-26(3)23-16(25(33)35-26)8-9-21(32-23)31-22-11-17-18(12-29-22)24(34-15-6-7-15)30-13-20(17)27(4,28)19-10-14(19)2/h8-9,11-15,19H,5-7,10,28H2,1-4H3,(H,29,31,32)/t14?,19?,26-,27+/m0/s1. The lowest BCUT2D eigenvalue weighted by molar-refractivity contribution is -0.00220. The molecule has 0 saturated heterocycles. The van der Waals surface area contributed by atoms with Crippen LogP contribution in [0, 0.1) is 11.8 Å². The van der Waals surface area contributed by atoms with Gasteiger partial charge in [0.1, 0.15) is 23.4 Å². The van der Waals surface area contributed by atoms with Crippen molar-refractivity contribution in [2.75, 3.05) is 5.32 Å². The van der Waals surface area contributed by atoms with E-state index < -0.39 is 11.1 Å². The number of fused-ring (bicyclic) bond motifs is 2. The summed E-state index contributed by atoms with van der Waals surface area (Å²) in [5.41, 5.74) is 7.83. The van der Waals surface area contributed by atoms with Crippen LogP contribution in [0.5, 0.6) is 5.88 Å². The number of aromatic nitrogens is 3. The molecular weight excluding hydrogens is 442 g/mol. The molecule has 8 nitrogen and oxygen atoms in total. The lowest BCUT2D eigenvalue weighted by atomic mass is 9.85. The number of ether oxygens (including phenoxy) is 2. The van der Waals surface area contributed by atoms with Crippen molar-refractivity contribution in [2.24, 2.45) is 17.6 Å². The van der Waals surface area contributed by atoms with Crippen LogP contribution in [0.3, 0.4) is 0 Å². The van der Waals surface area contributed by atoms with Gasteiger partial charge in [-0.15, -0.1) is 0 Å². The topological polar surface area (TPSA) is 112 Å². The van der Waals surface area contributed by atoms with E-state index in [4.69, 9.17) is 20.2 Å². The van der Waals surface area contributed by atoms with E-state index in [1.807, 2.05) is 26.1 Å². The van der Waals surface area contributed by atoms with Crippen LogP contribution in [-0.4, -0.2) is 27.0 Å². The molecule has 3 aromatic rings. The first-order chi connectivity index (χ1) is 16.7. The predicted octanol–water partition coefficient (Wildman–Crippen LogP) is 4.94. The molecule has 35 heavy (non-hydrogen) atoms. The summed E-state index contributed by atoms with van der Waals surface area (Å²) in [6.07, 6.45) is 7.77. The predicted molar refractivity (Wildman–Crippen MR) is 133 cm³/mol. The number of anilines is 2. The summed E-state index contributed by atoms with van der Waals surface area (Å²) in [7, 11) is 0. The monoisotopic (exact) mass is 473 g/mol. The number of nitrogens with two attached hydrogens (primary N) is 1. The minimum absolute atomic E-state index is 0.232. The Balaban J connectivity index is 1.40. The maximum atomic E-state index is 12.3. The van der Waals surface area contributed by atoms with Crippen molar-refractivity contribution < 1.29 is 14.3 Å². The Kier molecular flexibility index (Phi) is 4.84. The van der Waals surface area contributed by atoms with Gasteiger partial charge in [0.2, 0.25) is 5.88 Å². The van der Waals surface area contributed by atoms with Gasteiger partial charge in [0.25, 0.3) is 0 Å². The zero-order valence-corrected chi connectivity index (χ0v) is 20.6. The van der Waals surface area contributed by atoms with Crippen molar-refractivity contribution in [1.29, 1.82) is 0 Å². The van der Waals surface area contributed by atoms with Gasteiger partial charge in [0.05, 0.1) is 10.9 Å². The molecule has 3 N–H and O–H groups in total. The van der Waals surface area contributed by atoms with E-state index in [9.17, 15) is 4.79 Å². The number of carbonyl (C=O) groups excluding carboxylic acids is 1. The molecular formula is C27H31N5O3. The summed E-state index contributed by atoms with van der Waals surface area (Å²) in [6, 6.07) is 5.54. The minimum atomic E-state index is -0.725. The number of cyclic esters (lactones) is 1. The number of carbonyl (C=O) groups is 1. The lowest BCUT2D eigenvalue weighted by Gasteiger charge is -2.27. The first kappa shape index (κ1) is 22.2. The van der Waals surface area contributed by atoms with Crippen LogP contribution in [0.15, 0.2) is 30.6 Å². The van der Waals surface area contributed by atoms with Crippen molar-refractivity contribution in [3.05, 3.63) is 47.4 Å². The number of pyridine rings is 3. The summed E-state index contributed by atoms with van der Waals surface area (Å²) in [6.45, 7) is 8.21. The van der Waals surface area contributed by atoms with Crippen LogP contribution in [0.4, 0.5) is 11.6 Å². The van der Waals surface area contributed by atoms with E-state index in [0.717, 1.165) is 35.6 Å². The van der Waals surface area contributed by atoms with Gasteiger partial charge in [-0.3, -0.25) is 0 Å². The Morgan fingerprint density at radius 1 is 1.23 bits per heavy atom. The molecule has 3 aromatic heterocycles. The van der Waals surface area contributed by atoms with Gasteiger partial charge in [0.15, 0.2) is 5.60 Å². The molecule has 182 valence electrons. The van der Waals surface area contributed by atoms with Gasteiger partial charge < -0.3 is 20.5 Å². The van der Waals surface area contributed by atoms with Crippen LogP contribution >= 0.6 is 0 Å². The fourth-order valence-electron chi connectivity index (χ4n) is 5.18. The molecule has 0 spiro atoms. The molecule has 0 bridgehead atoms. The molecule has 0 radical (unpaired) electrons. The Morgan fingerprint density at radius 2 is 2.00 bits per heavy atom. The largest absolute Gasteiger partial charge is 0.474 e. The van der Waals surface area contributed by atoms with Crippen molar-refractivity contribution in [3.63, 3.8) is 0 Å². The molecule has 0 amide bonds. The molecule has 2 fully saturated rings. The molecule has 4 atom stereocenters. The molecule has 1 aliphatic heterocycles. The Labute approximate surface area is 204 Å². The molecule has 6 rings (SSSR count). The first-order valence-electron chi connectivity index (χ1n) is 12.5. The van der Waals surface area contributed by atoms with Crippen molar-refractivity contribution in [1.82, 2.24) is 15.0 Å².